The molecule has 6 nitrogen and oxygen atoms in total. The molecule has 0 amide bonds. The quantitative estimate of drug-likeness (QED) is 0.422. The van der Waals surface area contributed by atoms with Gasteiger partial charge >= 0.3 is 23.9 Å². The largest absolute Gasteiger partial charge is 0.393 e. The average Bonchev–Trinajstić information content (AvgIpc) is 2.91. The Morgan fingerprint density at radius 2 is 1.64 bits per heavy atom. The summed E-state index contributed by atoms with van der Waals surface area (Å²) >= 11 is 0. The van der Waals surface area contributed by atoms with Crippen LogP contribution in [0.5, 0.6) is 0 Å². The molecule has 22 heavy (non-hydrogen) atoms. The number of ether oxygens (including phenoxy) is 2. The van der Waals surface area contributed by atoms with E-state index in [0.29, 0.717) is 5.92 Å². The standard InChI is InChI=1S/C16H20O6/c1-9(2)3-4-10(12-8-14(18)22-16(12)20)5-6-11-7-13(17)21-15(11)19/h5-6,9-12H,3-4,7-8H2,1-2H3/b6-5+. The highest BCUT2D eigenvalue weighted by atomic mass is 16.6. The van der Waals surface area contributed by atoms with E-state index in [1.807, 2.05) is 0 Å². The average molecular weight is 308 g/mol. The monoisotopic (exact) mass is 308 g/mol. The van der Waals surface area contributed by atoms with Crippen molar-refractivity contribution in [1.29, 1.82) is 0 Å². The first-order valence-electron chi connectivity index (χ1n) is 7.54. The third-order valence-corrected chi connectivity index (χ3v) is 3.99. The predicted octanol–water partition coefficient (Wildman–Crippen LogP) is 1.77. The highest BCUT2D eigenvalue weighted by Crippen LogP contribution is 2.31. The van der Waals surface area contributed by atoms with Crippen LogP contribution in [0.2, 0.25) is 0 Å². The zero-order valence-electron chi connectivity index (χ0n) is 12.7. The summed E-state index contributed by atoms with van der Waals surface area (Å²) in [6, 6.07) is 0. The van der Waals surface area contributed by atoms with E-state index in [1.54, 1.807) is 12.2 Å². The molecule has 2 aliphatic rings. The summed E-state index contributed by atoms with van der Waals surface area (Å²) in [5, 5.41) is 0. The van der Waals surface area contributed by atoms with Crippen molar-refractivity contribution in [3.63, 3.8) is 0 Å². The van der Waals surface area contributed by atoms with E-state index in [2.05, 4.69) is 23.3 Å². The van der Waals surface area contributed by atoms with Crippen LogP contribution in [0.3, 0.4) is 0 Å². The molecule has 2 fully saturated rings. The van der Waals surface area contributed by atoms with Gasteiger partial charge in [-0.25, -0.2) is 0 Å². The van der Waals surface area contributed by atoms with Gasteiger partial charge in [-0.15, -0.1) is 0 Å². The maximum absolute atomic E-state index is 11.8. The van der Waals surface area contributed by atoms with E-state index in [9.17, 15) is 19.2 Å². The number of hydrogen-bond acceptors (Lipinski definition) is 6. The maximum Gasteiger partial charge on any atom is 0.321 e. The Morgan fingerprint density at radius 3 is 2.14 bits per heavy atom. The Morgan fingerprint density at radius 1 is 1.00 bits per heavy atom. The van der Waals surface area contributed by atoms with Crippen LogP contribution in [-0.2, 0) is 28.7 Å². The first kappa shape index (κ1) is 16.4. The molecule has 3 atom stereocenters. The summed E-state index contributed by atoms with van der Waals surface area (Å²) in [6.07, 6.45) is 5.09. The van der Waals surface area contributed by atoms with E-state index in [1.165, 1.54) is 0 Å². The van der Waals surface area contributed by atoms with Crippen molar-refractivity contribution in [2.45, 2.75) is 39.5 Å². The number of allylic oxidation sites excluding steroid dienone is 1. The Kier molecular flexibility index (Phi) is 5.11. The van der Waals surface area contributed by atoms with Gasteiger partial charge in [0.15, 0.2) is 0 Å². The lowest BCUT2D eigenvalue weighted by molar-refractivity contribution is -0.154. The molecule has 0 N–H and O–H groups in total. The van der Waals surface area contributed by atoms with E-state index in [0.717, 1.165) is 12.8 Å². The van der Waals surface area contributed by atoms with Gasteiger partial charge in [0, 0.05) is 0 Å². The molecule has 0 spiro atoms. The predicted molar refractivity (Wildman–Crippen MR) is 75.1 cm³/mol. The minimum atomic E-state index is -0.595. The van der Waals surface area contributed by atoms with E-state index >= 15 is 0 Å². The molecule has 0 aliphatic carbocycles. The molecule has 2 saturated heterocycles. The lowest BCUT2D eigenvalue weighted by Gasteiger charge is -2.18. The second-order valence-corrected chi connectivity index (χ2v) is 6.23. The van der Waals surface area contributed by atoms with Crippen LogP contribution in [0.25, 0.3) is 0 Å². The third-order valence-electron chi connectivity index (χ3n) is 3.99. The van der Waals surface area contributed by atoms with Crippen LogP contribution < -0.4 is 0 Å². The normalized spacial score (nSPS) is 26.9. The molecule has 0 aromatic rings. The summed E-state index contributed by atoms with van der Waals surface area (Å²) in [5.41, 5.74) is 0. The molecule has 120 valence electrons. The minimum absolute atomic E-state index is 0.0281. The molecule has 0 radical (unpaired) electrons. The third kappa shape index (κ3) is 4.02. The van der Waals surface area contributed by atoms with Gasteiger partial charge in [-0.05, 0) is 18.3 Å². The van der Waals surface area contributed by atoms with Crippen molar-refractivity contribution in [2.24, 2.45) is 23.7 Å². The molecular formula is C16H20O6. The second kappa shape index (κ2) is 6.85. The smallest absolute Gasteiger partial charge is 0.321 e. The van der Waals surface area contributed by atoms with Gasteiger partial charge < -0.3 is 9.47 Å². The summed E-state index contributed by atoms with van der Waals surface area (Å²) in [7, 11) is 0. The molecule has 0 aromatic carbocycles. The van der Waals surface area contributed by atoms with Crippen molar-refractivity contribution in [2.75, 3.05) is 0 Å². The van der Waals surface area contributed by atoms with Gasteiger partial charge in [0.05, 0.1) is 24.7 Å². The first-order chi connectivity index (χ1) is 10.4. The molecular weight excluding hydrogens is 288 g/mol. The first-order valence-corrected chi connectivity index (χ1v) is 7.54. The zero-order valence-corrected chi connectivity index (χ0v) is 12.7. The molecule has 3 unspecified atom stereocenters. The Balaban J connectivity index is 2.07. The van der Waals surface area contributed by atoms with Gasteiger partial charge in [-0.1, -0.05) is 32.4 Å². The molecule has 2 heterocycles. The maximum atomic E-state index is 11.8. The fourth-order valence-corrected chi connectivity index (χ4v) is 2.69. The minimum Gasteiger partial charge on any atom is -0.393 e. The fraction of sp³-hybridized carbons (Fsp3) is 0.625. The summed E-state index contributed by atoms with van der Waals surface area (Å²) in [5.74, 6) is -2.92. The van der Waals surface area contributed by atoms with Crippen LogP contribution in [0, 0.1) is 23.7 Å². The van der Waals surface area contributed by atoms with Crippen LogP contribution in [0.1, 0.15) is 39.5 Å². The lowest BCUT2D eigenvalue weighted by atomic mass is 9.84. The molecule has 6 heteroatoms. The van der Waals surface area contributed by atoms with Gasteiger partial charge in [0.25, 0.3) is 0 Å². The summed E-state index contributed by atoms with van der Waals surface area (Å²) < 4.78 is 9.11. The number of esters is 4. The van der Waals surface area contributed by atoms with E-state index in [-0.39, 0.29) is 18.8 Å². The number of rotatable bonds is 6. The Bertz CT molecular complexity index is 519. The Labute approximate surface area is 128 Å². The summed E-state index contributed by atoms with van der Waals surface area (Å²) in [4.78, 5) is 45.6. The zero-order chi connectivity index (χ0) is 16.3. The molecule has 0 saturated carbocycles. The van der Waals surface area contributed by atoms with Crippen molar-refractivity contribution >= 4 is 23.9 Å². The van der Waals surface area contributed by atoms with Gasteiger partial charge in [-0.2, -0.15) is 0 Å². The van der Waals surface area contributed by atoms with Crippen molar-refractivity contribution < 1.29 is 28.7 Å². The highest BCUT2D eigenvalue weighted by molar-refractivity contribution is 5.96. The van der Waals surface area contributed by atoms with Gasteiger partial charge in [0.2, 0.25) is 0 Å². The fourth-order valence-electron chi connectivity index (χ4n) is 2.69. The van der Waals surface area contributed by atoms with Crippen LogP contribution >= 0.6 is 0 Å². The van der Waals surface area contributed by atoms with Crippen molar-refractivity contribution in [3.8, 4) is 0 Å². The lowest BCUT2D eigenvalue weighted by Crippen LogP contribution is -2.19. The van der Waals surface area contributed by atoms with Crippen molar-refractivity contribution in [1.82, 2.24) is 0 Å². The molecule has 0 aromatic heterocycles. The number of cyclic esters (lactones) is 4. The van der Waals surface area contributed by atoms with Gasteiger partial charge in [-0.3, -0.25) is 19.2 Å². The topological polar surface area (TPSA) is 86.7 Å². The Hall–Kier alpha value is -1.98. The SMILES string of the molecule is CC(C)CCC(/C=C/C1CC(=O)OC1=O)C1CC(=O)OC1=O. The number of carbonyl (C=O) groups excluding carboxylic acids is 4. The van der Waals surface area contributed by atoms with Crippen molar-refractivity contribution in [3.05, 3.63) is 12.2 Å². The molecule has 0 bridgehead atoms. The van der Waals surface area contributed by atoms with Crippen LogP contribution in [0.4, 0.5) is 0 Å². The van der Waals surface area contributed by atoms with E-state index < -0.39 is 35.7 Å². The number of hydrogen-bond donors (Lipinski definition) is 0. The second-order valence-electron chi connectivity index (χ2n) is 6.23. The number of carbonyl (C=O) groups is 4. The van der Waals surface area contributed by atoms with E-state index in [4.69, 9.17) is 0 Å². The van der Waals surface area contributed by atoms with Crippen LogP contribution in [0.15, 0.2) is 12.2 Å². The van der Waals surface area contributed by atoms with Crippen LogP contribution in [-0.4, -0.2) is 23.9 Å². The molecule has 2 rings (SSSR count). The summed E-state index contributed by atoms with van der Waals surface area (Å²) in [6.45, 7) is 4.15. The molecule has 2 aliphatic heterocycles. The highest BCUT2D eigenvalue weighted by Gasteiger charge is 2.38. The van der Waals surface area contributed by atoms with Gasteiger partial charge in [0.1, 0.15) is 0 Å².